The maximum absolute atomic E-state index is 13.4. The lowest BCUT2D eigenvalue weighted by Crippen LogP contribution is -2.46. The Hall–Kier alpha value is -2.29. The molecule has 32 heavy (non-hydrogen) atoms. The molecule has 8 heteroatoms. The highest BCUT2D eigenvalue weighted by Crippen LogP contribution is 2.25. The number of amides is 1. The van der Waals surface area contributed by atoms with Gasteiger partial charge in [0, 0.05) is 51.1 Å². The van der Waals surface area contributed by atoms with Crippen LogP contribution in [0.3, 0.4) is 0 Å². The Morgan fingerprint density at radius 2 is 1.81 bits per heavy atom. The number of hydrogen-bond donors (Lipinski definition) is 0. The molecule has 3 heterocycles. The molecule has 0 aliphatic carbocycles. The van der Waals surface area contributed by atoms with E-state index in [9.17, 15) is 13.2 Å². The molecule has 1 atom stereocenters. The maximum Gasteiger partial charge on any atom is 0.226 e. The number of piperidine rings is 1. The minimum absolute atomic E-state index is 0.00138. The minimum atomic E-state index is -3.39. The van der Waals surface area contributed by atoms with Gasteiger partial charge in [-0.25, -0.2) is 12.7 Å². The van der Waals surface area contributed by atoms with Crippen LogP contribution in [0, 0.1) is 5.92 Å². The summed E-state index contributed by atoms with van der Waals surface area (Å²) in [4.78, 5) is 19.5. The molecule has 4 rings (SSSR count). The van der Waals surface area contributed by atoms with Gasteiger partial charge in [-0.2, -0.15) is 0 Å². The Morgan fingerprint density at radius 3 is 2.47 bits per heavy atom. The second-order valence-corrected chi connectivity index (χ2v) is 10.6. The number of pyridine rings is 1. The van der Waals surface area contributed by atoms with Crippen LogP contribution in [0.25, 0.3) is 0 Å². The average molecular weight is 458 g/mol. The largest absolute Gasteiger partial charge is 0.376 e. The Morgan fingerprint density at radius 1 is 1.06 bits per heavy atom. The Labute approximate surface area is 190 Å². The van der Waals surface area contributed by atoms with E-state index >= 15 is 0 Å². The number of ether oxygens (including phenoxy) is 1. The molecule has 1 aromatic heterocycles. The number of rotatable bonds is 8. The third-order valence-electron chi connectivity index (χ3n) is 6.24. The summed E-state index contributed by atoms with van der Waals surface area (Å²) in [6, 6.07) is 13.1. The van der Waals surface area contributed by atoms with E-state index in [0.29, 0.717) is 39.0 Å². The maximum atomic E-state index is 13.4. The van der Waals surface area contributed by atoms with Crippen LogP contribution in [0.2, 0.25) is 0 Å². The Balaban J connectivity index is 1.38. The van der Waals surface area contributed by atoms with Crippen LogP contribution in [-0.2, 0) is 31.9 Å². The summed E-state index contributed by atoms with van der Waals surface area (Å²) in [5.74, 6) is -0.0841. The number of carbonyl (C=O) groups is 1. The van der Waals surface area contributed by atoms with E-state index < -0.39 is 10.0 Å². The second kappa shape index (κ2) is 10.6. The monoisotopic (exact) mass is 457 g/mol. The van der Waals surface area contributed by atoms with Crippen molar-refractivity contribution in [3.8, 4) is 0 Å². The van der Waals surface area contributed by atoms with E-state index in [-0.39, 0.29) is 23.7 Å². The Kier molecular flexibility index (Phi) is 7.55. The van der Waals surface area contributed by atoms with Crippen molar-refractivity contribution in [3.63, 3.8) is 0 Å². The highest BCUT2D eigenvalue weighted by Gasteiger charge is 2.34. The Bertz CT molecular complexity index is 971. The normalized spacial score (nSPS) is 20.3. The zero-order valence-corrected chi connectivity index (χ0v) is 19.1. The van der Waals surface area contributed by atoms with E-state index in [1.165, 1.54) is 4.31 Å². The number of benzene rings is 1. The molecule has 0 bridgehead atoms. The van der Waals surface area contributed by atoms with E-state index in [2.05, 4.69) is 4.98 Å². The fraction of sp³-hybridized carbons (Fsp3) is 0.500. The second-order valence-electron chi connectivity index (χ2n) is 8.63. The molecule has 2 fully saturated rings. The first-order chi connectivity index (χ1) is 15.5. The highest BCUT2D eigenvalue weighted by atomic mass is 32.2. The van der Waals surface area contributed by atoms with Crippen molar-refractivity contribution in [1.29, 1.82) is 0 Å². The molecule has 2 aliphatic heterocycles. The third kappa shape index (κ3) is 5.94. The molecule has 0 spiro atoms. The van der Waals surface area contributed by atoms with Gasteiger partial charge in [0.1, 0.15) is 0 Å². The van der Waals surface area contributed by atoms with Gasteiger partial charge in [-0.05, 0) is 42.9 Å². The van der Waals surface area contributed by atoms with Gasteiger partial charge in [-0.3, -0.25) is 9.78 Å². The topological polar surface area (TPSA) is 79.8 Å². The van der Waals surface area contributed by atoms with Crippen molar-refractivity contribution in [2.24, 2.45) is 5.92 Å². The van der Waals surface area contributed by atoms with Crippen molar-refractivity contribution in [2.45, 2.75) is 44.1 Å². The van der Waals surface area contributed by atoms with Gasteiger partial charge < -0.3 is 9.64 Å². The van der Waals surface area contributed by atoms with Gasteiger partial charge in [0.15, 0.2) is 0 Å². The van der Waals surface area contributed by atoms with Crippen molar-refractivity contribution in [3.05, 3.63) is 66.0 Å². The molecule has 0 saturated carbocycles. The van der Waals surface area contributed by atoms with Gasteiger partial charge in [-0.15, -0.1) is 0 Å². The predicted octanol–water partition coefficient (Wildman–Crippen LogP) is 2.83. The number of sulfonamides is 1. The lowest BCUT2D eigenvalue weighted by molar-refractivity contribution is -0.139. The number of nitrogens with zero attached hydrogens (tertiary/aromatic N) is 3. The minimum Gasteiger partial charge on any atom is -0.376 e. The predicted molar refractivity (Wildman–Crippen MR) is 122 cm³/mol. The van der Waals surface area contributed by atoms with E-state index in [0.717, 1.165) is 30.6 Å². The zero-order valence-electron chi connectivity index (χ0n) is 18.3. The van der Waals surface area contributed by atoms with Gasteiger partial charge >= 0.3 is 0 Å². The molecule has 1 aromatic carbocycles. The summed E-state index contributed by atoms with van der Waals surface area (Å²) in [6.45, 7) is 2.58. The number of aromatic nitrogens is 1. The molecule has 2 saturated heterocycles. The standard InChI is InChI=1S/C24H31N3O4S/c28-24(26(18-23-9-5-15-31-23)17-21-8-4-12-25-16-21)22-10-13-27(14-11-22)32(29,30)19-20-6-2-1-3-7-20/h1-4,6-8,12,16,22-23H,5,9-11,13-15,17-19H2. The van der Waals surface area contributed by atoms with Gasteiger partial charge in [0.25, 0.3) is 0 Å². The van der Waals surface area contributed by atoms with Crippen LogP contribution in [0.5, 0.6) is 0 Å². The van der Waals surface area contributed by atoms with Crippen molar-refractivity contribution in [2.75, 3.05) is 26.2 Å². The van der Waals surface area contributed by atoms with Crippen molar-refractivity contribution < 1.29 is 17.9 Å². The van der Waals surface area contributed by atoms with Gasteiger partial charge in [-0.1, -0.05) is 36.4 Å². The van der Waals surface area contributed by atoms with Crippen LogP contribution < -0.4 is 0 Å². The van der Waals surface area contributed by atoms with Crippen LogP contribution in [-0.4, -0.2) is 60.9 Å². The molecule has 0 N–H and O–H groups in total. The quantitative estimate of drug-likeness (QED) is 0.609. The molecule has 1 unspecified atom stereocenters. The highest BCUT2D eigenvalue weighted by molar-refractivity contribution is 7.88. The molecular weight excluding hydrogens is 426 g/mol. The molecule has 0 radical (unpaired) electrons. The summed E-state index contributed by atoms with van der Waals surface area (Å²) in [5, 5.41) is 0. The van der Waals surface area contributed by atoms with E-state index in [4.69, 9.17) is 4.74 Å². The first-order valence-electron chi connectivity index (χ1n) is 11.3. The lowest BCUT2D eigenvalue weighted by Gasteiger charge is -2.34. The van der Waals surface area contributed by atoms with E-state index in [1.807, 2.05) is 47.4 Å². The zero-order chi connectivity index (χ0) is 22.4. The summed E-state index contributed by atoms with van der Waals surface area (Å²) >= 11 is 0. The molecular formula is C24H31N3O4S. The molecule has 172 valence electrons. The number of carbonyl (C=O) groups excluding carboxylic acids is 1. The fourth-order valence-electron chi connectivity index (χ4n) is 4.49. The number of hydrogen-bond acceptors (Lipinski definition) is 5. The lowest BCUT2D eigenvalue weighted by atomic mass is 9.96. The van der Waals surface area contributed by atoms with Crippen LogP contribution in [0.4, 0.5) is 0 Å². The van der Waals surface area contributed by atoms with Crippen molar-refractivity contribution in [1.82, 2.24) is 14.2 Å². The van der Waals surface area contributed by atoms with Crippen LogP contribution in [0.1, 0.15) is 36.8 Å². The fourth-order valence-corrected chi connectivity index (χ4v) is 6.06. The summed E-state index contributed by atoms with van der Waals surface area (Å²) in [7, 11) is -3.39. The van der Waals surface area contributed by atoms with Gasteiger partial charge in [0.05, 0.1) is 11.9 Å². The average Bonchev–Trinajstić information content (AvgIpc) is 3.32. The van der Waals surface area contributed by atoms with Gasteiger partial charge in [0.2, 0.25) is 15.9 Å². The van der Waals surface area contributed by atoms with Crippen LogP contribution in [0.15, 0.2) is 54.9 Å². The summed E-state index contributed by atoms with van der Waals surface area (Å²) in [6.07, 6.45) is 6.66. The molecule has 1 amide bonds. The third-order valence-corrected chi connectivity index (χ3v) is 8.09. The van der Waals surface area contributed by atoms with E-state index in [1.54, 1.807) is 12.4 Å². The molecule has 2 aliphatic rings. The first kappa shape index (κ1) is 22.9. The molecule has 7 nitrogen and oxygen atoms in total. The SMILES string of the molecule is O=C(C1CCN(S(=O)(=O)Cc2ccccc2)CC1)N(Cc1cccnc1)CC1CCCO1. The van der Waals surface area contributed by atoms with Crippen molar-refractivity contribution >= 4 is 15.9 Å². The van der Waals surface area contributed by atoms with Crippen LogP contribution >= 0.6 is 0 Å². The summed E-state index contributed by atoms with van der Waals surface area (Å²) in [5.41, 5.74) is 1.77. The first-order valence-corrected chi connectivity index (χ1v) is 12.9. The molecule has 2 aromatic rings. The summed E-state index contributed by atoms with van der Waals surface area (Å²) < 4.78 is 33.0. The smallest absolute Gasteiger partial charge is 0.226 e.